The molecule has 1 aromatic heterocycles. The fraction of sp³-hybridized carbons (Fsp3) is 0.318. The number of rotatable bonds is 2. The van der Waals surface area contributed by atoms with E-state index in [9.17, 15) is 4.79 Å². The Morgan fingerprint density at radius 1 is 1.04 bits per heavy atom. The number of hydrogen-bond acceptors (Lipinski definition) is 4. The van der Waals surface area contributed by atoms with E-state index < -0.39 is 5.72 Å². The van der Waals surface area contributed by atoms with Gasteiger partial charge in [0.15, 0.2) is 5.72 Å². The minimum atomic E-state index is -0.638. The number of aryl methyl sites for hydroxylation is 1. The third kappa shape index (κ3) is 2.75. The molecule has 2 aromatic carbocycles. The number of benzene rings is 2. The van der Waals surface area contributed by atoms with E-state index in [0.717, 1.165) is 11.1 Å². The van der Waals surface area contributed by atoms with Crippen molar-refractivity contribution in [3.05, 3.63) is 70.1 Å². The van der Waals surface area contributed by atoms with Crippen molar-refractivity contribution >= 4 is 16.7 Å². The van der Waals surface area contributed by atoms with Crippen LogP contribution in [-0.2, 0) is 5.41 Å². The average molecular weight is 349 g/mol. The van der Waals surface area contributed by atoms with Crippen LogP contribution in [0.15, 0.2) is 57.7 Å². The zero-order chi connectivity index (χ0) is 18.5. The van der Waals surface area contributed by atoms with Gasteiger partial charge in [0.2, 0.25) is 0 Å². The molecule has 4 rings (SSSR count). The third-order valence-electron chi connectivity index (χ3n) is 4.98. The summed E-state index contributed by atoms with van der Waals surface area (Å²) in [5, 5.41) is 4.35. The van der Waals surface area contributed by atoms with E-state index in [1.165, 1.54) is 5.56 Å². The van der Waals surface area contributed by atoms with Crippen molar-refractivity contribution in [3.8, 4) is 5.75 Å². The fourth-order valence-corrected chi connectivity index (χ4v) is 4.10. The van der Waals surface area contributed by atoms with Gasteiger partial charge in [0.1, 0.15) is 11.3 Å². The highest BCUT2D eigenvalue weighted by Gasteiger charge is 2.45. The van der Waals surface area contributed by atoms with Crippen LogP contribution in [0.25, 0.3) is 11.0 Å². The number of anilines is 1. The monoisotopic (exact) mass is 349 g/mol. The molecule has 0 saturated heterocycles. The Bertz CT molecular complexity index is 1050. The summed E-state index contributed by atoms with van der Waals surface area (Å²) >= 11 is 0. The molecule has 0 amide bonds. The van der Waals surface area contributed by atoms with Gasteiger partial charge in [-0.25, -0.2) is 4.79 Å². The van der Waals surface area contributed by atoms with Crippen LogP contribution < -0.4 is 15.7 Å². The highest BCUT2D eigenvalue weighted by atomic mass is 16.5. The lowest BCUT2D eigenvalue weighted by atomic mass is 9.76. The Hall–Kier alpha value is -2.75. The largest absolute Gasteiger partial charge is 0.467 e. The molecular formula is C22H23NO3. The smallest absolute Gasteiger partial charge is 0.343 e. The predicted molar refractivity (Wildman–Crippen MR) is 104 cm³/mol. The quantitative estimate of drug-likeness (QED) is 0.662. The van der Waals surface area contributed by atoms with Crippen molar-refractivity contribution in [2.75, 3.05) is 5.32 Å². The first kappa shape index (κ1) is 16.7. The zero-order valence-corrected chi connectivity index (χ0v) is 15.6. The normalized spacial score (nSPS) is 21.1. The maximum Gasteiger partial charge on any atom is 0.343 e. The summed E-state index contributed by atoms with van der Waals surface area (Å²) in [6, 6.07) is 15.7. The van der Waals surface area contributed by atoms with E-state index in [0.29, 0.717) is 23.3 Å². The van der Waals surface area contributed by atoms with Gasteiger partial charge in [-0.1, -0.05) is 38.1 Å². The molecule has 1 N–H and O–H groups in total. The van der Waals surface area contributed by atoms with E-state index in [4.69, 9.17) is 9.15 Å². The number of ether oxygens (including phenoxy) is 1. The fourth-order valence-electron chi connectivity index (χ4n) is 4.10. The predicted octanol–water partition coefficient (Wildman–Crippen LogP) is 4.99. The molecule has 134 valence electrons. The number of para-hydroxylation sites is 1. The van der Waals surface area contributed by atoms with Gasteiger partial charge in [0, 0.05) is 17.5 Å². The average Bonchev–Trinajstić information content (AvgIpc) is 2.52. The molecule has 4 heteroatoms. The molecule has 0 bridgehead atoms. The van der Waals surface area contributed by atoms with Crippen LogP contribution >= 0.6 is 0 Å². The number of hydrogen-bond donors (Lipinski definition) is 1. The topological polar surface area (TPSA) is 51.5 Å². The molecule has 1 atom stereocenters. The molecule has 1 unspecified atom stereocenters. The molecule has 1 aliphatic heterocycles. The van der Waals surface area contributed by atoms with Gasteiger partial charge in [-0.05, 0) is 43.7 Å². The van der Waals surface area contributed by atoms with Crippen LogP contribution in [0, 0.1) is 6.92 Å². The van der Waals surface area contributed by atoms with Crippen molar-refractivity contribution in [2.45, 2.75) is 45.3 Å². The Balaban J connectivity index is 1.86. The van der Waals surface area contributed by atoms with Crippen molar-refractivity contribution in [3.63, 3.8) is 0 Å². The summed E-state index contributed by atoms with van der Waals surface area (Å²) in [5.74, 6) is 0.621. The Labute approximate surface area is 152 Å². The Morgan fingerprint density at radius 2 is 1.81 bits per heavy atom. The maximum atomic E-state index is 12.6. The zero-order valence-electron chi connectivity index (χ0n) is 15.6. The summed E-state index contributed by atoms with van der Waals surface area (Å²) in [6.45, 7) is 8.23. The second-order valence-corrected chi connectivity index (χ2v) is 7.98. The minimum absolute atomic E-state index is 0.318. The van der Waals surface area contributed by atoms with Crippen molar-refractivity contribution in [1.29, 1.82) is 0 Å². The van der Waals surface area contributed by atoms with Crippen LogP contribution in [0.5, 0.6) is 5.75 Å². The molecule has 2 heterocycles. The lowest BCUT2D eigenvalue weighted by Crippen LogP contribution is -2.51. The summed E-state index contributed by atoms with van der Waals surface area (Å²) in [7, 11) is 0. The Morgan fingerprint density at radius 3 is 2.58 bits per heavy atom. The van der Waals surface area contributed by atoms with E-state index in [-0.39, 0.29) is 11.0 Å². The summed E-state index contributed by atoms with van der Waals surface area (Å²) in [5.41, 5.74) is 2.00. The Kier molecular flexibility index (Phi) is 3.62. The second-order valence-electron chi connectivity index (χ2n) is 7.98. The first-order valence-corrected chi connectivity index (χ1v) is 8.88. The molecule has 0 saturated carbocycles. The molecule has 0 spiro atoms. The molecule has 4 nitrogen and oxygen atoms in total. The van der Waals surface area contributed by atoms with Crippen LogP contribution in [-0.4, -0.2) is 5.72 Å². The van der Waals surface area contributed by atoms with Crippen LogP contribution in [0.4, 0.5) is 5.69 Å². The van der Waals surface area contributed by atoms with E-state index >= 15 is 0 Å². The SMILES string of the molecule is Cc1cccc(NC2(C)CC(C)(C)c3c(c4ccccc4oc3=O)O2)c1. The summed E-state index contributed by atoms with van der Waals surface area (Å²) in [4.78, 5) is 12.6. The molecule has 0 radical (unpaired) electrons. The van der Waals surface area contributed by atoms with E-state index in [2.05, 4.69) is 38.2 Å². The highest BCUT2D eigenvalue weighted by Crippen LogP contribution is 2.46. The van der Waals surface area contributed by atoms with Crippen LogP contribution in [0.3, 0.4) is 0 Å². The van der Waals surface area contributed by atoms with Crippen LogP contribution in [0.1, 0.15) is 38.3 Å². The lowest BCUT2D eigenvalue weighted by molar-refractivity contribution is 0.0615. The van der Waals surface area contributed by atoms with Gasteiger partial charge in [-0.15, -0.1) is 0 Å². The van der Waals surface area contributed by atoms with Crippen molar-refractivity contribution < 1.29 is 9.15 Å². The van der Waals surface area contributed by atoms with Gasteiger partial charge >= 0.3 is 5.63 Å². The first-order valence-electron chi connectivity index (χ1n) is 8.88. The molecule has 0 aliphatic carbocycles. The third-order valence-corrected chi connectivity index (χ3v) is 4.98. The number of nitrogens with one attached hydrogen (secondary N) is 1. The summed E-state index contributed by atoms with van der Waals surface area (Å²) < 4.78 is 12.0. The maximum absolute atomic E-state index is 12.6. The summed E-state index contributed by atoms with van der Waals surface area (Å²) in [6.07, 6.45) is 0.643. The molecule has 0 fully saturated rings. The molecule has 1 aliphatic rings. The lowest BCUT2D eigenvalue weighted by Gasteiger charge is -2.44. The van der Waals surface area contributed by atoms with Gasteiger partial charge in [0.25, 0.3) is 0 Å². The van der Waals surface area contributed by atoms with E-state index in [1.54, 1.807) is 6.07 Å². The minimum Gasteiger partial charge on any atom is -0.467 e. The van der Waals surface area contributed by atoms with Gasteiger partial charge in [-0.3, -0.25) is 0 Å². The highest BCUT2D eigenvalue weighted by molar-refractivity contribution is 5.85. The standard InChI is InChI=1S/C22H23NO3/c1-14-8-7-9-15(12-14)23-22(4)13-21(2,3)18-19(26-22)16-10-5-6-11-17(16)25-20(18)24/h5-12,23H,13H2,1-4H3. The molecule has 3 aromatic rings. The second kappa shape index (κ2) is 5.63. The number of fused-ring (bicyclic) bond motifs is 3. The van der Waals surface area contributed by atoms with Crippen LogP contribution in [0.2, 0.25) is 0 Å². The van der Waals surface area contributed by atoms with Gasteiger partial charge < -0.3 is 14.5 Å². The van der Waals surface area contributed by atoms with Crippen molar-refractivity contribution in [1.82, 2.24) is 0 Å². The first-order chi connectivity index (χ1) is 12.3. The van der Waals surface area contributed by atoms with Gasteiger partial charge in [-0.2, -0.15) is 0 Å². The molecular weight excluding hydrogens is 326 g/mol. The van der Waals surface area contributed by atoms with E-state index in [1.807, 2.05) is 37.3 Å². The molecule has 26 heavy (non-hydrogen) atoms. The van der Waals surface area contributed by atoms with Gasteiger partial charge in [0.05, 0.1) is 10.9 Å². The van der Waals surface area contributed by atoms with Crippen molar-refractivity contribution in [2.24, 2.45) is 0 Å².